The van der Waals surface area contributed by atoms with Gasteiger partial charge in [-0.3, -0.25) is 0 Å². The van der Waals surface area contributed by atoms with E-state index < -0.39 is 0 Å². The summed E-state index contributed by atoms with van der Waals surface area (Å²) in [6.45, 7) is 8.92. The van der Waals surface area contributed by atoms with Gasteiger partial charge in [-0.05, 0) is 57.0 Å². The maximum atomic E-state index is 3.48. The van der Waals surface area contributed by atoms with Gasteiger partial charge in [0.1, 0.15) is 0 Å². The molecule has 0 aliphatic rings. The minimum Gasteiger partial charge on any atom is -0.316 e. The number of thioether (sulfide) groups is 1. The van der Waals surface area contributed by atoms with Gasteiger partial charge in [0.15, 0.2) is 0 Å². The highest BCUT2D eigenvalue weighted by Crippen LogP contribution is 2.30. The molecule has 0 aromatic heterocycles. The first-order valence-electron chi connectivity index (χ1n) is 7.03. The van der Waals surface area contributed by atoms with E-state index in [4.69, 9.17) is 0 Å². The van der Waals surface area contributed by atoms with Crippen molar-refractivity contribution in [3.8, 4) is 0 Å². The van der Waals surface area contributed by atoms with Gasteiger partial charge in [0.25, 0.3) is 0 Å². The molecule has 0 aliphatic heterocycles. The molecule has 102 valence electrons. The molecule has 2 unspecified atom stereocenters. The lowest BCUT2D eigenvalue weighted by atomic mass is 10.1. The van der Waals surface area contributed by atoms with E-state index in [1.807, 2.05) is 11.8 Å². The lowest BCUT2D eigenvalue weighted by molar-refractivity contribution is 0.490. The fourth-order valence-corrected chi connectivity index (χ4v) is 3.58. The van der Waals surface area contributed by atoms with Gasteiger partial charge in [0.05, 0.1) is 0 Å². The summed E-state index contributed by atoms with van der Waals surface area (Å²) in [5.41, 5.74) is 2.78. The van der Waals surface area contributed by atoms with E-state index in [2.05, 4.69) is 58.3 Å². The maximum Gasteiger partial charge on any atom is 0.0245 e. The van der Waals surface area contributed by atoms with Crippen molar-refractivity contribution in [1.29, 1.82) is 0 Å². The van der Waals surface area contributed by atoms with Crippen LogP contribution in [0.2, 0.25) is 0 Å². The third kappa shape index (κ3) is 4.33. The lowest BCUT2D eigenvalue weighted by Crippen LogP contribution is -2.35. The average Bonchev–Trinajstić information content (AvgIpc) is 2.37. The van der Waals surface area contributed by atoms with Gasteiger partial charge in [0, 0.05) is 16.2 Å². The van der Waals surface area contributed by atoms with Crippen LogP contribution in [0, 0.1) is 13.8 Å². The summed E-state index contributed by atoms with van der Waals surface area (Å²) in [7, 11) is 2.09. The van der Waals surface area contributed by atoms with Gasteiger partial charge >= 0.3 is 0 Å². The van der Waals surface area contributed by atoms with Crippen LogP contribution in [-0.4, -0.2) is 18.3 Å². The molecule has 0 aliphatic carbocycles. The predicted molar refractivity (Wildman–Crippen MR) is 83.6 cm³/mol. The number of hydrogen-bond donors (Lipinski definition) is 1. The summed E-state index contributed by atoms with van der Waals surface area (Å²) in [6, 6.07) is 7.43. The molecule has 18 heavy (non-hydrogen) atoms. The Kier molecular flexibility index (Phi) is 6.80. The first-order valence-corrected chi connectivity index (χ1v) is 7.91. The minimum atomic E-state index is 0.617. The molecule has 1 aromatic carbocycles. The molecule has 1 aromatic rings. The highest BCUT2D eigenvalue weighted by molar-refractivity contribution is 8.00. The van der Waals surface area contributed by atoms with E-state index in [0.717, 1.165) is 0 Å². The zero-order chi connectivity index (χ0) is 13.5. The van der Waals surface area contributed by atoms with Gasteiger partial charge in [-0.2, -0.15) is 0 Å². The van der Waals surface area contributed by atoms with E-state index in [1.165, 1.54) is 35.3 Å². The molecule has 0 amide bonds. The Hall–Kier alpha value is -0.470. The Balaban J connectivity index is 2.74. The van der Waals surface area contributed by atoms with E-state index in [-0.39, 0.29) is 0 Å². The molecular weight excluding hydrogens is 238 g/mol. The number of benzene rings is 1. The molecule has 1 rings (SSSR count). The molecule has 0 heterocycles. The monoisotopic (exact) mass is 265 g/mol. The summed E-state index contributed by atoms with van der Waals surface area (Å²) in [5, 5.41) is 4.14. The van der Waals surface area contributed by atoms with Crippen molar-refractivity contribution in [2.24, 2.45) is 0 Å². The Morgan fingerprint density at radius 3 is 2.39 bits per heavy atom. The second-order valence-electron chi connectivity index (χ2n) is 4.99. The SMILES string of the molecule is CCCC(NC)C(CC)Sc1ccc(C)c(C)c1. The van der Waals surface area contributed by atoms with E-state index in [1.54, 1.807) is 0 Å². The molecule has 0 saturated heterocycles. The number of hydrogen-bond acceptors (Lipinski definition) is 2. The quantitative estimate of drug-likeness (QED) is 0.725. The van der Waals surface area contributed by atoms with Crippen LogP contribution in [-0.2, 0) is 0 Å². The molecule has 1 N–H and O–H groups in total. The predicted octanol–water partition coefficient (Wildman–Crippen LogP) is 4.56. The molecule has 0 saturated carbocycles. The third-order valence-electron chi connectivity index (χ3n) is 3.59. The second-order valence-corrected chi connectivity index (χ2v) is 6.31. The van der Waals surface area contributed by atoms with Gasteiger partial charge < -0.3 is 5.32 Å². The summed E-state index contributed by atoms with van der Waals surface area (Å²) in [6.07, 6.45) is 3.71. The number of rotatable bonds is 7. The zero-order valence-electron chi connectivity index (χ0n) is 12.4. The first-order chi connectivity index (χ1) is 8.62. The van der Waals surface area contributed by atoms with Crippen LogP contribution in [0.5, 0.6) is 0 Å². The third-order valence-corrected chi connectivity index (χ3v) is 5.08. The van der Waals surface area contributed by atoms with E-state index in [9.17, 15) is 0 Å². The van der Waals surface area contributed by atoms with Gasteiger partial charge in [-0.15, -0.1) is 11.8 Å². The molecular formula is C16H27NS. The topological polar surface area (TPSA) is 12.0 Å². The Morgan fingerprint density at radius 2 is 1.89 bits per heavy atom. The van der Waals surface area contributed by atoms with E-state index in [0.29, 0.717) is 11.3 Å². The lowest BCUT2D eigenvalue weighted by Gasteiger charge is -2.25. The molecule has 0 fully saturated rings. The van der Waals surface area contributed by atoms with Crippen LogP contribution < -0.4 is 5.32 Å². The van der Waals surface area contributed by atoms with Crippen LogP contribution in [0.4, 0.5) is 0 Å². The van der Waals surface area contributed by atoms with Crippen molar-refractivity contribution in [2.75, 3.05) is 7.05 Å². The standard InChI is InChI=1S/C16H27NS/c1-6-8-15(17-5)16(7-2)18-14-10-9-12(3)13(4)11-14/h9-11,15-17H,6-8H2,1-5H3. The number of nitrogens with one attached hydrogen (secondary N) is 1. The summed E-state index contributed by atoms with van der Waals surface area (Å²) >= 11 is 2.02. The van der Waals surface area contributed by atoms with Gasteiger partial charge in [0.2, 0.25) is 0 Å². The van der Waals surface area contributed by atoms with Crippen molar-refractivity contribution >= 4 is 11.8 Å². The summed E-state index contributed by atoms with van der Waals surface area (Å²) in [5.74, 6) is 0. The van der Waals surface area contributed by atoms with Gasteiger partial charge in [-0.1, -0.05) is 26.3 Å². The first kappa shape index (κ1) is 15.6. The summed E-state index contributed by atoms with van der Waals surface area (Å²) < 4.78 is 0. The van der Waals surface area contributed by atoms with Gasteiger partial charge in [-0.25, -0.2) is 0 Å². The molecule has 0 bridgehead atoms. The van der Waals surface area contributed by atoms with Crippen molar-refractivity contribution in [3.05, 3.63) is 29.3 Å². The summed E-state index contributed by atoms with van der Waals surface area (Å²) in [4.78, 5) is 1.40. The Morgan fingerprint density at radius 1 is 1.17 bits per heavy atom. The molecule has 2 heteroatoms. The van der Waals surface area contributed by atoms with Crippen molar-refractivity contribution in [1.82, 2.24) is 5.32 Å². The smallest absolute Gasteiger partial charge is 0.0245 e. The molecule has 2 atom stereocenters. The van der Waals surface area contributed by atoms with Crippen LogP contribution in [0.1, 0.15) is 44.2 Å². The number of aryl methyl sites for hydroxylation is 2. The largest absolute Gasteiger partial charge is 0.316 e. The van der Waals surface area contributed by atoms with Crippen molar-refractivity contribution in [2.45, 2.75) is 63.1 Å². The fourth-order valence-electron chi connectivity index (χ4n) is 2.24. The highest BCUT2D eigenvalue weighted by Gasteiger charge is 2.18. The molecule has 1 nitrogen and oxygen atoms in total. The van der Waals surface area contributed by atoms with Crippen LogP contribution in [0.15, 0.2) is 23.1 Å². The maximum absolute atomic E-state index is 3.48. The normalized spacial score (nSPS) is 14.5. The molecule has 0 radical (unpaired) electrons. The minimum absolute atomic E-state index is 0.617. The van der Waals surface area contributed by atoms with Crippen molar-refractivity contribution < 1.29 is 0 Å². The van der Waals surface area contributed by atoms with Crippen LogP contribution >= 0.6 is 11.8 Å². The van der Waals surface area contributed by atoms with Crippen LogP contribution in [0.3, 0.4) is 0 Å². The zero-order valence-corrected chi connectivity index (χ0v) is 13.2. The fraction of sp³-hybridized carbons (Fsp3) is 0.625. The van der Waals surface area contributed by atoms with Crippen LogP contribution in [0.25, 0.3) is 0 Å². The average molecular weight is 265 g/mol. The highest BCUT2D eigenvalue weighted by atomic mass is 32.2. The Bertz CT molecular complexity index is 362. The molecule has 0 spiro atoms. The second kappa shape index (κ2) is 7.85. The Labute approximate surface area is 117 Å². The van der Waals surface area contributed by atoms with Crippen molar-refractivity contribution in [3.63, 3.8) is 0 Å². The van der Waals surface area contributed by atoms with E-state index >= 15 is 0 Å².